The van der Waals surface area contributed by atoms with Crippen LogP contribution in [-0.2, 0) is 4.79 Å². The summed E-state index contributed by atoms with van der Waals surface area (Å²) in [5.41, 5.74) is -0.388. The smallest absolute Gasteiger partial charge is 0.323 e. The van der Waals surface area contributed by atoms with Gasteiger partial charge in [0.1, 0.15) is 12.2 Å². The zero-order valence-electron chi connectivity index (χ0n) is 9.34. The number of hydrogen-bond donors (Lipinski definition) is 2. The minimum absolute atomic E-state index is 0.0271. The van der Waals surface area contributed by atoms with Crippen LogP contribution < -0.4 is 5.56 Å². The Morgan fingerprint density at radius 1 is 1.47 bits per heavy atom. The van der Waals surface area contributed by atoms with Crippen molar-refractivity contribution in [3.8, 4) is 0 Å². The van der Waals surface area contributed by atoms with E-state index in [9.17, 15) is 14.4 Å². The minimum Gasteiger partial charge on any atom is -0.480 e. The van der Waals surface area contributed by atoms with E-state index in [-0.39, 0.29) is 12.2 Å². The van der Waals surface area contributed by atoms with Gasteiger partial charge in [-0.15, -0.1) is 0 Å². The summed E-state index contributed by atoms with van der Waals surface area (Å²) in [5.74, 6) is -1.60. The minimum atomic E-state index is -1.09. The maximum Gasteiger partial charge on any atom is 0.323 e. The van der Waals surface area contributed by atoms with E-state index in [4.69, 9.17) is 5.11 Å². The standard InChI is InChI=1S/C10H13N3O4/c1-2-5-13(6-9(15)16)10(17)7-3-4-8(14)12-11-7/h3-4H,2,5-6H2,1H3,(H,12,14)(H,15,16). The van der Waals surface area contributed by atoms with Crippen molar-refractivity contribution in [2.45, 2.75) is 13.3 Å². The first-order valence-corrected chi connectivity index (χ1v) is 5.11. The van der Waals surface area contributed by atoms with E-state index in [0.717, 1.165) is 0 Å². The van der Waals surface area contributed by atoms with Crippen LogP contribution in [0.1, 0.15) is 23.8 Å². The van der Waals surface area contributed by atoms with E-state index in [0.29, 0.717) is 13.0 Å². The highest BCUT2D eigenvalue weighted by atomic mass is 16.4. The lowest BCUT2D eigenvalue weighted by Gasteiger charge is -2.18. The summed E-state index contributed by atoms with van der Waals surface area (Å²) >= 11 is 0. The van der Waals surface area contributed by atoms with Crippen molar-refractivity contribution >= 4 is 11.9 Å². The van der Waals surface area contributed by atoms with Gasteiger partial charge in [0.25, 0.3) is 11.5 Å². The second-order valence-electron chi connectivity index (χ2n) is 3.43. The molecule has 0 bridgehead atoms. The first-order valence-electron chi connectivity index (χ1n) is 5.11. The summed E-state index contributed by atoms with van der Waals surface area (Å²) in [6, 6.07) is 2.44. The van der Waals surface area contributed by atoms with E-state index >= 15 is 0 Å². The van der Waals surface area contributed by atoms with Gasteiger partial charge in [-0.05, 0) is 12.5 Å². The van der Waals surface area contributed by atoms with Gasteiger partial charge in [0.15, 0.2) is 0 Å². The molecule has 0 aliphatic carbocycles. The third-order valence-electron chi connectivity index (χ3n) is 2.01. The molecule has 0 saturated heterocycles. The number of aliphatic carboxylic acids is 1. The molecule has 0 spiro atoms. The van der Waals surface area contributed by atoms with Crippen LogP contribution in [0.25, 0.3) is 0 Å². The van der Waals surface area contributed by atoms with Crippen LogP contribution in [0.15, 0.2) is 16.9 Å². The molecule has 0 saturated carbocycles. The number of carboxylic acid groups (broad SMARTS) is 1. The Morgan fingerprint density at radius 2 is 2.18 bits per heavy atom. The first-order chi connectivity index (χ1) is 8.04. The molecule has 92 valence electrons. The van der Waals surface area contributed by atoms with Crippen LogP contribution in [0.3, 0.4) is 0 Å². The van der Waals surface area contributed by atoms with Crippen LogP contribution in [0.5, 0.6) is 0 Å². The molecule has 0 aromatic carbocycles. The van der Waals surface area contributed by atoms with Crippen molar-refractivity contribution in [2.75, 3.05) is 13.1 Å². The summed E-state index contributed by atoms with van der Waals surface area (Å²) in [5, 5.41) is 14.4. The summed E-state index contributed by atoms with van der Waals surface area (Å²) in [4.78, 5) is 34.4. The number of nitrogens with zero attached hydrogens (tertiary/aromatic N) is 2. The van der Waals surface area contributed by atoms with Gasteiger partial charge < -0.3 is 10.0 Å². The maximum atomic E-state index is 11.9. The van der Waals surface area contributed by atoms with Gasteiger partial charge in [-0.2, -0.15) is 5.10 Å². The second-order valence-corrected chi connectivity index (χ2v) is 3.43. The molecule has 0 fully saturated rings. The van der Waals surface area contributed by atoms with Gasteiger partial charge >= 0.3 is 5.97 Å². The fraction of sp³-hybridized carbons (Fsp3) is 0.400. The average molecular weight is 239 g/mol. The van der Waals surface area contributed by atoms with Crippen LogP contribution in [-0.4, -0.2) is 45.2 Å². The predicted molar refractivity (Wildman–Crippen MR) is 58.7 cm³/mol. The molecule has 1 aromatic rings. The SMILES string of the molecule is CCCN(CC(=O)O)C(=O)c1ccc(=O)[nH]n1. The van der Waals surface area contributed by atoms with Gasteiger partial charge in [0.05, 0.1) is 0 Å². The van der Waals surface area contributed by atoms with E-state index in [2.05, 4.69) is 10.2 Å². The Balaban J connectivity index is 2.86. The monoisotopic (exact) mass is 239 g/mol. The largest absolute Gasteiger partial charge is 0.480 e. The quantitative estimate of drug-likeness (QED) is 0.734. The molecule has 1 amide bonds. The summed E-state index contributed by atoms with van der Waals surface area (Å²) in [6.45, 7) is 1.78. The summed E-state index contributed by atoms with van der Waals surface area (Å²) in [6.07, 6.45) is 0.641. The molecule has 1 heterocycles. The summed E-state index contributed by atoms with van der Waals surface area (Å²) in [7, 11) is 0. The Labute approximate surface area is 97.1 Å². The third kappa shape index (κ3) is 3.71. The number of rotatable bonds is 5. The molecule has 17 heavy (non-hydrogen) atoms. The van der Waals surface area contributed by atoms with Crippen molar-refractivity contribution in [1.82, 2.24) is 15.1 Å². The molecule has 0 radical (unpaired) electrons. The molecular formula is C10H13N3O4. The Morgan fingerprint density at radius 3 is 2.65 bits per heavy atom. The van der Waals surface area contributed by atoms with Crippen molar-refractivity contribution < 1.29 is 14.7 Å². The molecule has 1 aromatic heterocycles. The molecule has 0 atom stereocenters. The number of aromatic nitrogens is 2. The van der Waals surface area contributed by atoms with Crippen molar-refractivity contribution in [1.29, 1.82) is 0 Å². The average Bonchev–Trinajstić information content (AvgIpc) is 2.28. The van der Waals surface area contributed by atoms with Crippen LogP contribution >= 0.6 is 0 Å². The van der Waals surface area contributed by atoms with E-state index in [1.807, 2.05) is 6.92 Å². The van der Waals surface area contributed by atoms with Crippen LogP contribution in [0, 0.1) is 0 Å². The van der Waals surface area contributed by atoms with Gasteiger partial charge in [0, 0.05) is 12.6 Å². The molecule has 7 nitrogen and oxygen atoms in total. The Hall–Kier alpha value is -2.18. The highest BCUT2D eigenvalue weighted by molar-refractivity contribution is 5.93. The normalized spacial score (nSPS) is 9.94. The third-order valence-corrected chi connectivity index (χ3v) is 2.01. The molecule has 7 heteroatoms. The summed E-state index contributed by atoms with van der Waals surface area (Å²) < 4.78 is 0. The zero-order valence-corrected chi connectivity index (χ0v) is 9.34. The second kappa shape index (κ2) is 5.78. The van der Waals surface area contributed by atoms with Crippen molar-refractivity contribution in [2.24, 2.45) is 0 Å². The van der Waals surface area contributed by atoms with Gasteiger partial charge in [0.2, 0.25) is 0 Å². The topological polar surface area (TPSA) is 103 Å². The fourth-order valence-electron chi connectivity index (χ4n) is 1.31. The number of carbonyl (C=O) groups is 2. The van der Waals surface area contributed by atoms with Crippen molar-refractivity contribution in [3.05, 3.63) is 28.2 Å². The van der Waals surface area contributed by atoms with Gasteiger partial charge in [-0.1, -0.05) is 6.92 Å². The Bertz CT molecular complexity index is 448. The molecular weight excluding hydrogens is 226 g/mol. The van der Waals surface area contributed by atoms with Gasteiger partial charge in [-0.3, -0.25) is 14.4 Å². The van der Waals surface area contributed by atoms with Crippen LogP contribution in [0.4, 0.5) is 0 Å². The number of carbonyl (C=O) groups excluding carboxylic acids is 1. The van der Waals surface area contributed by atoms with Crippen molar-refractivity contribution in [3.63, 3.8) is 0 Å². The number of amides is 1. The van der Waals surface area contributed by atoms with E-state index in [1.54, 1.807) is 0 Å². The zero-order chi connectivity index (χ0) is 12.8. The van der Waals surface area contributed by atoms with E-state index in [1.165, 1.54) is 17.0 Å². The number of aromatic amines is 1. The molecule has 0 aliphatic heterocycles. The Kier molecular flexibility index (Phi) is 4.38. The van der Waals surface area contributed by atoms with Crippen LogP contribution in [0.2, 0.25) is 0 Å². The molecule has 2 N–H and O–H groups in total. The molecule has 0 aliphatic rings. The highest BCUT2D eigenvalue weighted by Gasteiger charge is 2.18. The predicted octanol–water partition coefficient (Wildman–Crippen LogP) is -0.293. The molecule has 0 unspecified atom stereocenters. The first kappa shape index (κ1) is 12.9. The number of hydrogen-bond acceptors (Lipinski definition) is 4. The lowest BCUT2D eigenvalue weighted by Crippen LogP contribution is -2.37. The lowest BCUT2D eigenvalue weighted by molar-refractivity contribution is -0.137. The number of nitrogens with one attached hydrogen (secondary N) is 1. The van der Waals surface area contributed by atoms with Gasteiger partial charge in [-0.25, -0.2) is 5.10 Å². The number of H-pyrrole nitrogens is 1. The highest BCUT2D eigenvalue weighted by Crippen LogP contribution is 2.00. The fourth-order valence-corrected chi connectivity index (χ4v) is 1.31. The van der Waals surface area contributed by atoms with E-state index < -0.39 is 17.4 Å². The maximum absolute atomic E-state index is 11.9. The lowest BCUT2D eigenvalue weighted by atomic mass is 10.3. The molecule has 1 rings (SSSR count). The number of carboxylic acids is 1.